The van der Waals surface area contributed by atoms with Crippen LogP contribution in [0.3, 0.4) is 0 Å². The van der Waals surface area contributed by atoms with Gasteiger partial charge in [0.05, 0.1) is 21.5 Å². The molecule has 27 heavy (non-hydrogen) atoms. The standard InChI is InChI=1S/C19H20Cl2N2O3S/c1-3-12-27(25,26)23-17-9-5-8-16(13(17)2)22-18(24)11-10-14-6-4-7-15(20)19(14)21/h4-11,23H,3,12H2,1-2H3,(H,22,24)/b11-10+. The van der Waals surface area contributed by atoms with Crippen molar-refractivity contribution in [2.45, 2.75) is 20.3 Å². The van der Waals surface area contributed by atoms with Gasteiger partial charge < -0.3 is 5.32 Å². The molecule has 0 bridgehead atoms. The summed E-state index contributed by atoms with van der Waals surface area (Å²) < 4.78 is 26.5. The molecule has 0 saturated carbocycles. The second kappa shape index (κ2) is 9.26. The van der Waals surface area contributed by atoms with Crippen molar-refractivity contribution in [1.29, 1.82) is 0 Å². The number of sulfonamides is 1. The zero-order chi connectivity index (χ0) is 20.0. The quantitative estimate of drug-likeness (QED) is 0.604. The van der Waals surface area contributed by atoms with Crippen LogP contribution in [-0.4, -0.2) is 20.1 Å². The number of benzene rings is 2. The van der Waals surface area contributed by atoms with E-state index in [-0.39, 0.29) is 11.7 Å². The Hall–Kier alpha value is -2.02. The first kappa shape index (κ1) is 21.3. The van der Waals surface area contributed by atoms with Gasteiger partial charge in [-0.1, -0.05) is 48.3 Å². The molecular formula is C19H20Cl2N2O3S. The second-order valence-electron chi connectivity index (χ2n) is 5.86. The van der Waals surface area contributed by atoms with Gasteiger partial charge in [-0.05, 0) is 48.7 Å². The van der Waals surface area contributed by atoms with Crippen molar-refractivity contribution in [2.24, 2.45) is 0 Å². The summed E-state index contributed by atoms with van der Waals surface area (Å²) >= 11 is 12.0. The van der Waals surface area contributed by atoms with Gasteiger partial charge in [-0.3, -0.25) is 9.52 Å². The molecule has 2 N–H and O–H groups in total. The van der Waals surface area contributed by atoms with Gasteiger partial charge in [0.15, 0.2) is 0 Å². The Morgan fingerprint density at radius 2 is 1.78 bits per heavy atom. The Kier molecular flexibility index (Phi) is 7.30. The highest BCUT2D eigenvalue weighted by molar-refractivity contribution is 7.92. The maximum Gasteiger partial charge on any atom is 0.248 e. The molecule has 5 nitrogen and oxygen atoms in total. The third-order valence-electron chi connectivity index (χ3n) is 3.73. The van der Waals surface area contributed by atoms with E-state index in [2.05, 4.69) is 10.0 Å². The van der Waals surface area contributed by atoms with Crippen LogP contribution in [0.5, 0.6) is 0 Å². The lowest BCUT2D eigenvalue weighted by Gasteiger charge is -2.13. The molecule has 2 rings (SSSR count). The predicted octanol–water partition coefficient (Wildman–Crippen LogP) is 5.11. The van der Waals surface area contributed by atoms with Gasteiger partial charge in [0.25, 0.3) is 0 Å². The van der Waals surface area contributed by atoms with Crippen molar-refractivity contribution >= 4 is 56.6 Å². The minimum atomic E-state index is -3.41. The van der Waals surface area contributed by atoms with E-state index in [4.69, 9.17) is 23.2 Å². The molecule has 0 aromatic heterocycles. The molecule has 0 atom stereocenters. The molecule has 0 aliphatic rings. The summed E-state index contributed by atoms with van der Waals surface area (Å²) in [6.45, 7) is 3.53. The highest BCUT2D eigenvalue weighted by Crippen LogP contribution is 2.27. The van der Waals surface area contributed by atoms with Crippen molar-refractivity contribution in [2.75, 3.05) is 15.8 Å². The molecule has 0 fully saturated rings. The first-order chi connectivity index (χ1) is 12.7. The zero-order valence-corrected chi connectivity index (χ0v) is 17.3. The number of rotatable bonds is 7. The van der Waals surface area contributed by atoms with Crippen molar-refractivity contribution < 1.29 is 13.2 Å². The van der Waals surface area contributed by atoms with E-state index in [1.165, 1.54) is 6.08 Å². The first-order valence-corrected chi connectivity index (χ1v) is 10.7. The third-order valence-corrected chi connectivity index (χ3v) is 6.04. The molecule has 0 radical (unpaired) electrons. The Balaban J connectivity index is 2.15. The lowest BCUT2D eigenvalue weighted by molar-refractivity contribution is -0.111. The molecule has 0 heterocycles. The smallest absolute Gasteiger partial charge is 0.248 e. The minimum Gasteiger partial charge on any atom is -0.322 e. The Morgan fingerprint density at radius 1 is 1.11 bits per heavy atom. The summed E-state index contributed by atoms with van der Waals surface area (Å²) in [5, 5.41) is 3.51. The van der Waals surface area contributed by atoms with Crippen LogP contribution in [-0.2, 0) is 14.8 Å². The Bertz CT molecular complexity index is 973. The zero-order valence-electron chi connectivity index (χ0n) is 14.9. The molecule has 1 amide bonds. The van der Waals surface area contributed by atoms with Crippen LogP contribution in [0.15, 0.2) is 42.5 Å². The van der Waals surface area contributed by atoms with E-state index in [0.29, 0.717) is 39.0 Å². The van der Waals surface area contributed by atoms with Gasteiger partial charge in [0.2, 0.25) is 15.9 Å². The number of anilines is 2. The van der Waals surface area contributed by atoms with Crippen LogP contribution in [0.25, 0.3) is 6.08 Å². The molecule has 0 aliphatic heterocycles. The summed E-state index contributed by atoms with van der Waals surface area (Å²) in [6.07, 6.45) is 3.42. The van der Waals surface area contributed by atoms with Crippen LogP contribution < -0.4 is 10.0 Å². The summed E-state index contributed by atoms with van der Waals surface area (Å²) in [5.41, 5.74) is 2.19. The van der Waals surface area contributed by atoms with Gasteiger partial charge in [-0.25, -0.2) is 8.42 Å². The number of hydrogen-bond acceptors (Lipinski definition) is 3. The van der Waals surface area contributed by atoms with Crippen molar-refractivity contribution in [3.05, 3.63) is 63.6 Å². The highest BCUT2D eigenvalue weighted by atomic mass is 35.5. The molecule has 0 spiro atoms. The highest BCUT2D eigenvalue weighted by Gasteiger charge is 2.13. The second-order valence-corrected chi connectivity index (χ2v) is 8.49. The van der Waals surface area contributed by atoms with E-state index in [0.717, 1.165) is 0 Å². The SMILES string of the molecule is CCCS(=O)(=O)Nc1cccc(NC(=O)/C=C/c2cccc(Cl)c2Cl)c1C. The molecule has 2 aromatic carbocycles. The van der Waals surface area contributed by atoms with E-state index in [9.17, 15) is 13.2 Å². The van der Waals surface area contributed by atoms with Gasteiger partial charge >= 0.3 is 0 Å². The predicted molar refractivity (Wildman–Crippen MR) is 113 cm³/mol. The largest absolute Gasteiger partial charge is 0.322 e. The van der Waals surface area contributed by atoms with Gasteiger partial charge in [-0.15, -0.1) is 0 Å². The lowest BCUT2D eigenvalue weighted by Crippen LogP contribution is -2.17. The monoisotopic (exact) mass is 426 g/mol. The van der Waals surface area contributed by atoms with Crippen LogP contribution in [0, 0.1) is 6.92 Å². The number of amides is 1. The van der Waals surface area contributed by atoms with E-state index in [1.807, 2.05) is 0 Å². The molecular weight excluding hydrogens is 407 g/mol. The molecule has 8 heteroatoms. The fraction of sp³-hybridized carbons (Fsp3) is 0.211. The van der Waals surface area contributed by atoms with Gasteiger partial charge in [0, 0.05) is 11.8 Å². The molecule has 144 valence electrons. The number of hydrogen-bond donors (Lipinski definition) is 2. The summed E-state index contributed by atoms with van der Waals surface area (Å²) in [6, 6.07) is 10.2. The third kappa shape index (κ3) is 5.99. The molecule has 0 unspecified atom stereocenters. The van der Waals surface area contributed by atoms with Crippen molar-refractivity contribution in [3.63, 3.8) is 0 Å². The average Bonchev–Trinajstić information content (AvgIpc) is 2.59. The first-order valence-electron chi connectivity index (χ1n) is 8.26. The normalized spacial score (nSPS) is 11.6. The Morgan fingerprint density at radius 3 is 2.48 bits per heavy atom. The maximum atomic E-state index is 12.2. The molecule has 2 aromatic rings. The van der Waals surface area contributed by atoms with E-state index < -0.39 is 10.0 Å². The lowest BCUT2D eigenvalue weighted by atomic mass is 10.1. The summed E-state index contributed by atoms with van der Waals surface area (Å²) in [7, 11) is -3.41. The van der Waals surface area contributed by atoms with Crippen LogP contribution in [0.2, 0.25) is 10.0 Å². The van der Waals surface area contributed by atoms with Crippen molar-refractivity contribution in [3.8, 4) is 0 Å². The fourth-order valence-corrected chi connectivity index (χ4v) is 3.92. The van der Waals surface area contributed by atoms with Crippen LogP contribution >= 0.6 is 23.2 Å². The molecule has 0 aliphatic carbocycles. The number of carbonyl (C=O) groups is 1. The number of carbonyl (C=O) groups excluding carboxylic acids is 1. The van der Waals surface area contributed by atoms with Crippen LogP contribution in [0.4, 0.5) is 11.4 Å². The number of halogens is 2. The summed E-state index contributed by atoms with van der Waals surface area (Å²) in [5.74, 6) is -0.339. The Labute approximate surface area is 169 Å². The van der Waals surface area contributed by atoms with Crippen molar-refractivity contribution in [1.82, 2.24) is 0 Å². The average molecular weight is 427 g/mol. The van der Waals surface area contributed by atoms with E-state index >= 15 is 0 Å². The van der Waals surface area contributed by atoms with Crippen LogP contribution in [0.1, 0.15) is 24.5 Å². The van der Waals surface area contributed by atoms with Gasteiger partial charge in [0.1, 0.15) is 0 Å². The maximum absolute atomic E-state index is 12.2. The summed E-state index contributed by atoms with van der Waals surface area (Å²) in [4.78, 5) is 12.2. The van der Waals surface area contributed by atoms with E-state index in [1.54, 1.807) is 56.3 Å². The minimum absolute atomic E-state index is 0.0339. The molecule has 0 saturated heterocycles. The fourth-order valence-electron chi connectivity index (χ4n) is 2.36. The topological polar surface area (TPSA) is 75.3 Å². The van der Waals surface area contributed by atoms with Gasteiger partial charge in [-0.2, -0.15) is 0 Å². The number of nitrogens with one attached hydrogen (secondary N) is 2.